The van der Waals surface area contributed by atoms with E-state index in [4.69, 9.17) is 10.8 Å². The predicted molar refractivity (Wildman–Crippen MR) is 68.4 cm³/mol. The van der Waals surface area contributed by atoms with Gasteiger partial charge >= 0.3 is 12.0 Å². The fourth-order valence-corrected chi connectivity index (χ4v) is 2.13. The van der Waals surface area contributed by atoms with Crippen molar-refractivity contribution >= 4 is 17.9 Å². The summed E-state index contributed by atoms with van der Waals surface area (Å²) >= 11 is 0. The number of carbonyl (C=O) groups excluding carboxylic acids is 2. The molecule has 0 saturated carbocycles. The van der Waals surface area contributed by atoms with Crippen molar-refractivity contribution in [3.05, 3.63) is 0 Å². The molecule has 1 aliphatic rings. The molecule has 2 atom stereocenters. The van der Waals surface area contributed by atoms with E-state index in [9.17, 15) is 14.4 Å². The quantitative estimate of drug-likeness (QED) is 0.739. The highest BCUT2D eigenvalue weighted by Gasteiger charge is 2.33. The topological polar surface area (TPSA) is 104 Å². The molecule has 3 N–H and O–H groups in total. The summed E-state index contributed by atoms with van der Waals surface area (Å²) in [5.41, 5.74) is 5.22. The molecule has 1 rings (SSSR count). The van der Waals surface area contributed by atoms with Crippen LogP contribution in [-0.4, -0.2) is 58.5 Å². The van der Waals surface area contributed by atoms with Crippen molar-refractivity contribution in [2.75, 3.05) is 19.6 Å². The van der Waals surface area contributed by atoms with Crippen molar-refractivity contribution in [1.29, 1.82) is 0 Å². The highest BCUT2D eigenvalue weighted by Crippen LogP contribution is 2.18. The summed E-state index contributed by atoms with van der Waals surface area (Å²) in [5.74, 6) is -1.78. The number of likely N-dealkylation sites (tertiary alicyclic amines) is 1. The van der Waals surface area contributed by atoms with E-state index in [1.165, 1.54) is 9.80 Å². The first kappa shape index (κ1) is 15.3. The van der Waals surface area contributed by atoms with Crippen molar-refractivity contribution in [2.24, 2.45) is 11.7 Å². The number of carboxylic acids is 1. The number of hydrogen-bond acceptors (Lipinski definition) is 3. The lowest BCUT2D eigenvalue weighted by Gasteiger charge is -2.31. The summed E-state index contributed by atoms with van der Waals surface area (Å²) in [6, 6.07) is -0.489. The molecule has 0 spiro atoms. The summed E-state index contributed by atoms with van der Waals surface area (Å²) < 4.78 is 0. The summed E-state index contributed by atoms with van der Waals surface area (Å²) in [5, 5.41) is 8.87. The lowest BCUT2D eigenvalue weighted by molar-refractivity contribution is -0.138. The third-order valence-corrected chi connectivity index (χ3v) is 3.54. The Labute approximate surface area is 112 Å². The molecule has 1 fully saturated rings. The number of rotatable bonds is 5. The summed E-state index contributed by atoms with van der Waals surface area (Å²) in [6.45, 7) is 4.09. The zero-order valence-corrected chi connectivity index (χ0v) is 11.3. The number of hydrogen-bond donors (Lipinski definition) is 2. The lowest BCUT2D eigenvalue weighted by Crippen LogP contribution is -2.48. The van der Waals surface area contributed by atoms with Crippen LogP contribution in [0.2, 0.25) is 0 Å². The fourth-order valence-electron chi connectivity index (χ4n) is 2.13. The molecular weight excluding hydrogens is 250 g/mol. The number of urea groups is 1. The lowest BCUT2D eigenvalue weighted by atomic mass is 10.1. The van der Waals surface area contributed by atoms with E-state index in [2.05, 4.69) is 0 Å². The molecule has 19 heavy (non-hydrogen) atoms. The molecule has 0 aromatic carbocycles. The second-order valence-electron chi connectivity index (χ2n) is 4.90. The van der Waals surface area contributed by atoms with E-state index in [1.54, 1.807) is 0 Å². The van der Waals surface area contributed by atoms with Crippen LogP contribution < -0.4 is 5.73 Å². The van der Waals surface area contributed by atoms with Gasteiger partial charge in [-0.1, -0.05) is 6.92 Å². The second-order valence-corrected chi connectivity index (χ2v) is 4.90. The smallest absolute Gasteiger partial charge is 0.323 e. The highest BCUT2D eigenvalue weighted by molar-refractivity contribution is 5.82. The molecule has 0 bridgehead atoms. The summed E-state index contributed by atoms with van der Waals surface area (Å²) in [7, 11) is 0. The van der Waals surface area contributed by atoms with Gasteiger partial charge in [0.15, 0.2) is 0 Å². The van der Waals surface area contributed by atoms with Crippen LogP contribution in [-0.2, 0) is 9.59 Å². The van der Waals surface area contributed by atoms with Crippen LogP contribution in [0.3, 0.4) is 0 Å². The van der Waals surface area contributed by atoms with Gasteiger partial charge in [-0.15, -0.1) is 0 Å². The Morgan fingerprint density at radius 2 is 2.11 bits per heavy atom. The third kappa shape index (κ3) is 3.84. The maximum absolute atomic E-state index is 12.3. The molecule has 0 radical (unpaired) electrons. The standard InChI is InChI=1S/C12H21N3O4/c1-3-8(2)15(7-10(16)17)12(19)14-5-4-9(6-14)11(13)18/h8-9H,3-7H2,1-2H3,(H2,13,18)(H,16,17). The normalized spacial score (nSPS) is 20.1. The molecular formula is C12H21N3O4. The SMILES string of the molecule is CCC(C)N(CC(=O)O)C(=O)N1CCC(C(N)=O)C1. The van der Waals surface area contributed by atoms with E-state index < -0.39 is 11.9 Å². The number of carbonyl (C=O) groups is 3. The minimum Gasteiger partial charge on any atom is -0.480 e. The largest absolute Gasteiger partial charge is 0.480 e. The number of amides is 3. The molecule has 0 aliphatic carbocycles. The van der Waals surface area contributed by atoms with Gasteiger partial charge in [0.25, 0.3) is 0 Å². The molecule has 2 unspecified atom stereocenters. The van der Waals surface area contributed by atoms with Crippen LogP contribution in [0.25, 0.3) is 0 Å². The number of aliphatic carboxylic acids is 1. The Morgan fingerprint density at radius 1 is 1.47 bits per heavy atom. The first-order valence-electron chi connectivity index (χ1n) is 6.43. The van der Waals surface area contributed by atoms with E-state index >= 15 is 0 Å². The van der Waals surface area contributed by atoms with Crippen molar-refractivity contribution in [1.82, 2.24) is 9.80 Å². The third-order valence-electron chi connectivity index (χ3n) is 3.54. The van der Waals surface area contributed by atoms with E-state index in [-0.39, 0.29) is 31.1 Å². The Balaban J connectivity index is 2.72. The van der Waals surface area contributed by atoms with Gasteiger partial charge in [-0.2, -0.15) is 0 Å². The van der Waals surface area contributed by atoms with E-state index in [0.29, 0.717) is 19.4 Å². The van der Waals surface area contributed by atoms with Crippen LogP contribution in [0.5, 0.6) is 0 Å². The van der Waals surface area contributed by atoms with Gasteiger partial charge in [-0.25, -0.2) is 4.79 Å². The van der Waals surface area contributed by atoms with Gasteiger partial charge in [0.1, 0.15) is 6.54 Å². The van der Waals surface area contributed by atoms with Crippen molar-refractivity contribution in [2.45, 2.75) is 32.7 Å². The maximum Gasteiger partial charge on any atom is 0.323 e. The maximum atomic E-state index is 12.3. The Hall–Kier alpha value is -1.79. The van der Waals surface area contributed by atoms with Crippen molar-refractivity contribution < 1.29 is 19.5 Å². The molecule has 1 heterocycles. The summed E-state index contributed by atoms with van der Waals surface area (Å²) in [6.07, 6.45) is 1.22. The number of primary amides is 1. The van der Waals surface area contributed by atoms with Gasteiger partial charge in [0.2, 0.25) is 5.91 Å². The number of nitrogens with two attached hydrogens (primary N) is 1. The minimum atomic E-state index is -1.04. The predicted octanol–water partition coefficient (Wildman–Crippen LogP) is 0.0987. The van der Waals surface area contributed by atoms with Crippen molar-refractivity contribution in [3.63, 3.8) is 0 Å². The van der Waals surface area contributed by atoms with Crippen LogP contribution in [0.4, 0.5) is 4.79 Å². The van der Waals surface area contributed by atoms with Gasteiger partial charge in [0, 0.05) is 19.1 Å². The zero-order valence-electron chi connectivity index (χ0n) is 11.3. The van der Waals surface area contributed by atoms with Gasteiger partial charge in [-0.3, -0.25) is 9.59 Å². The number of nitrogens with zero attached hydrogens (tertiary/aromatic N) is 2. The summed E-state index contributed by atoms with van der Waals surface area (Å²) in [4.78, 5) is 37.0. The van der Waals surface area contributed by atoms with Crippen LogP contribution in [0.15, 0.2) is 0 Å². The highest BCUT2D eigenvalue weighted by atomic mass is 16.4. The molecule has 1 saturated heterocycles. The average molecular weight is 271 g/mol. The Kier molecular flexibility index (Phi) is 5.14. The zero-order chi connectivity index (χ0) is 14.6. The van der Waals surface area contributed by atoms with Crippen LogP contribution in [0, 0.1) is 5.92 Å². The average Bonchev–Trinajstić information content (AvgIpc) is 2.83. The molecule has 7 heteroatoms. The van der Waals surface area contributed by atoms with E-state index in [0.717, 1.165) is 0 Å². The van der Waals surface area contributed by atoms with Crippen LogP contribution in [0.1, 0.15) is 26.7 Å². The Morgan fingerprint density at radius 3 is 2.53 bits per heavy atom. The molecule has 7 nitrogen and oxygen atoms in total. The fraction of sp³-hybridized carbons (Fsp3) is 0.750. The molecule has 0 aromatic rings. The van der Waals surface area contributed by atoms with Gasteiger partial charge in [-0.05, 0) is 19.8 Å². The molecule has 108 valence electrons. The molecule has 1 aliphatic heterocycles. The van der Waals surface area contributed by atoms with Gasteiger partial charge in [0.05, 0.1) is 5.92 Å². The Bertz CT molecular complexity index is 372. The van der Waals surface area contributed by atoms with Crippen molar-refractivity contribution in [3.8, 4) is 0 Å². The van der Waals surface area contributed by atoms with Gasteiger partial charge < -0.3 is 20.6 Å². The number of carboxylic acid groups (broad SMARTS) is 1. The second kappa shape index (κ2) is 6.40. The minimum absolute atomic E-state index is 0.156. The first-order chi connectivity index (χ1) is 8.86. The molecule has 3 amide bonds. The molecule has 0 aromatic heterocycles. The monoisotopic (exact) mass is 271 g/mol. The van der Waals surface area contributed by atoms with Crippen LogP contribution >= 0.6 is 0 Å². The van der Waals surface area contributed by atoms with E-state index in [1.807, 2.05) is 13.8 Å². The first-order valence-corrected chi connectivity index (χ1v) is 6.43.